The Morgan fingerprint density at radius 3 is 2.47 bits per heavy atom. The zero-order valence-corrected chi connectivity index (χ0v) is 10.0. The van der Waals surface area contributed by atoms with Gasteiger partial charge in [0.1, 0.15) is 0 Å². The van der Waals surface area contributed by atoms with Crippen LogP contribution in [-0.4, -0.2) is 10.7 Å². The number of nitrogens with one attached hydrogen (secondary N) is 1. The Morgan fingerprint density at radius 1 is 1.20 bits per heavy atom. The average molecular weight is 206 g/mol. The standard InChI is InChI=1S/C13H22N2/c1-11-8-12(10-13(2,3)9-11)14-15-6-4-5-7-15/h4-7,11-12,14H,8-10H2,1-3H3. The zero-order chi connectivity index (χ0) is 10.9. The van der Waals surface area contributed by atoms with E-state index in [4.69, 9.17) is 0 Å². The molecule has 0 aromatic carbocycles. The number of nitrogens with zero attached hydrogens (tertiary/aromatic N) is 1. The van der Waals surface area contributed by atoms with Gasteiger partial charge in [-0.3, -0.25) is 4.68 Å². The second-order valence-corrected chi connectivity index (χ2v) is 5.83. The highest BCUT2D eigenvalue weighted by atomic mass is 15.4. The lowest BCUT2D eigenvalue weighted by Gasteiger charge is -2.39. The summed E-state index contributed by atoms with van der Waals surface area (Å²) < 4.78 is 2.08. The maximum Gasteiger partial charge on any atom is 0.0431 e. The molecule has 0 radical (unpaired) electrons. The van der Waals surface area contributed by atoms with Gasteiger partial charge in [0.2, 0.25) is 0 Å². The van der Waals surface area contributed by atoms with Crippen molar-refractivity contribution in [3.63, 3.8) is 0 Å². The molecule has 15 heavy (non-hydrogen) atoms. The Hall–Kier alpha value is -0.920. The molecule has 2 unspecified atom stereocenters. The van der Waals surface area contributed by atoms with Gasteiger partial charge in [-0.2, -0.15) is 0 Å². The predicted molar refractivity (Wildman–Crippen MR) is 64.4 cm³/mol. The highest BCUT2D eigenvalue weighted by Crippen LogP contribution is 2.38. The van der Waals surface area contributed by atoms with E-state index in [0.717, 1.165) is 5.92 Å². The summed E-state index contributed by atoms with van der Waals surface area (Å²) in [5.74, 6) is 0.835. The second-order valence-electron chi connectivity index (χ2n) is 5.83. The van der Waals surface area contributed by atoms with Crippen molar-refractivity contribution in [2.45, 2.75) is 46.1 Å². The molecule has 2 rings (SSSR count). The van der Waals surface area contributed by atoms with Gasteiger partial charge < -0.3 is 5.43 Å². The first-order valence-corrected chi connectivity index (χ1v) is 5.95. The lowest BCUT2D eigenvalue weighted by atomic mass is 9.71. The van der Waals surface area contributed by atoms with Crippen LogP contribution in [0.2, 0.25) is 0 Å². The number of rotatable bonds is 2. The summed E-state index contributed by atoms with van der Waals surface area (Å²) in [6.07, 6.45) is 8.08. The lowest BCUT2D eigenvalue weighted by Crippen LogP contribution is -2.38. The molecule has 0 spiro atoms. The zero-order valence-electron chi connectivity index (χ0n) is 10.0. The van der Waals surface area contributed by atoms with Crippen LogP contribution in [0.5, 0.6) is 0 Å². The molecule has 84 valence electrons. The molecule has 1 N–H and O–H groups in total. The molecule has 2 heteroatoms. The number of hydrogen-bond donors (Lipinski definition) is 1. The highest BCUT2D eigenvalue weighted by Gasteiger charge is 2.31. The molecule has 1 saturated carbocycles. The third kappa shape index (κ3) is 2.77. The Bertz CT molecular complexity index is 300. The fourth-order valence-electron chi connectivity index (χ4n) is 3.08. The van der Waals surface area contributed by atoms with E-state index in [9.17, 15) is 0 Å². The smallest absolute Gasteiger partial charge is 0.0431 e. The van der Waals surface area contributed by atoms with Gasteiger partial charge in [0.15, 0.2) is 0 Å². The minimum Gasteiger partial charge on any atom is -0.323 e. The molecule has 1 aliphatic rings. The molecule has 1 fully saturated rings. The van der Waals surface area contributed by atoms with Crippen molar-refractivity contribution in [1.29, 1.82) is 0 Å². The van der Waals surface area contributed by atoms with Crippen LogP contribution in [0.1, 0.15) is 40.0 Å². The van der Waals surface area contributed by atoms with E-state index in [1.807, 2.05) is 0 Å². The van der Waals surface area contributed by atoms with Gasteiger partial charge in [0.05, 0.1) is 0 Å². The van der Waals surface area contributed by atoms with Gasteiger partial charge in [-0.15, -0.1) is 0 Å². The van der Waals surface area contributed by atoms with E-state index in [1.165, 1.54) is 19.3 Å². The topological polar surface area (TPSA) is 17.0 Å². The Morgan fingerprint density at radius 2 is 1.87 bits per heavy atom. The predicted octanol–water partition coefficient (Wildman–Crippen LogP) is 3.25. The van der Waals surface area contributed by atoms with Crippen molar-refractivity contribution in [2.24, 2.45) is 11.3 Å². The summed E-state index contributed by atoms with van der Waals surface area (Å²) in [7, 11) is 0. The van der Waals surface area contributed by atoms with Crippen molar-refractivity contribution in [3.8, 4) is 0 Å². The summed E-state index contributed by atoms with van der Waals surface area (Å²) in [5.41, 5.74) is 4.05. The molecule has 1 aromatic heterocycles. The van der Waals surface area contributed by atoms with Gasteiger partial charge in [-0.05, 0) is 42.7 Å². The Balaban J connectivity index is 1.98. The largest absolute Gasteiger partial charge is 0.323 e. The van der Waals surface area contributed by atoms with Gasteiger partial charge in [0, 0.05) is 18.4 Å². The summed E-state index contributed by atoms with van der Waals surface area (Å²) in [6, 6.07) is 4.74. The highest BCUT2D eigenvalue weighted by molar-refractivity contribution is 4.98. The van der Waals surface area contributed by atoms with Crippen molar-refractivity contribution < 1.29 is 0 Å². The first-order valence-electron chi connectivity index (χ1n) is 5.95. The third-order valence-electron chi connectivity index (χ3n) is 3.32. The van der Waals surface area contributed by atoms with Gasteiger partial charge in [0.25, 0.3) is 0 Å². The Labute approximate surface area is 92.6 Å². The summed E-state index contributed by atoms with van der Waals surface area (Å²) in [4.78, 5) is 0. The van der Waals surface area contributed by atoms with Gasteiger partial charge in [-0.25, -0.2) is 0 Å². The van der Waals surface area contributed by atoms with Crippen LogP contribution in [0.25, 0.3) is 0 Å². The Kier molecular flexibility index (Phi) is 2.76. The minimum absolute atomic E-state index is 0.489. The second kappa shape index (κ2) is 3.92. The molecule has 0 bridgehead atoms. The first-order chi connectivity index (χ1) is 7.05. The summed E-state index contributed by atoms with van der Waals surface area (Å²) in [6.45, 7) is 7.13. The molecule has 0 amide bonds. The van der Waals surface area contributed by atoms with E-state index in [0.29, 0.717) is 11.5 Å². The van der Waals surface area contributed by atoms with Crippen LogP contribution in [0.4, 0.5) is 0 Å². The normalized spacial score (nSPS) is 30.1. The monoisotopic (exact) mass is 206 g/mol. The molecule has 1 aromatic rings. The van der Waals surface area contributed by atoms with Crippen LogP contribution in [0, 0.1) is 11.3 Å². The van der Waals surface area contributed by atoms with Crippen LogP contribution in [-0.2, 0) is 0 Å². The molecule has 1 aliphatic carbocycles. The quantitative estimate of drug-likeness (QED) is 0.786. The molecule has 2 atom stereocenters. The summed E-state index contributed by atoms with van der Waals surface area (Å²) >= 11 is 0. The summed E-state index contributed by atoms with van der Waals surface area (Å²) in [5, 5.41) is 0. The molecule has 2 nitrogen and oxygen atoms in total. The third-order valence-corrected chi connectivity index (χ3v) is 3.32. The van der Waals surface area contributed by atoms with E-state index in [-0.39, 0.29) is 0 Å². The van der Waals surface area contributed by atoms with Crippen molar-refractivity contribution in [3.05, 3.63) is 24.5 Å². The van der Waals surface area contributed by atoms with Crippen LogP contribution in [0.15, 0.2) is 24.5 Å². The molecule has 0 saturated heterocycles. The van der Waals surface area contributed by atoms with Gasteiger partial charge >= 0.3 is 0 Å². The average Bonchev–Trinajstić information content (AvgIpc) is 2.52. The van der Waals surface area contributed by atoms with E-state index in [1.54, 1.807) is 0 Å². The van der Waals surface area contributed by atoms with E-state index >= 15 is 0 Å². The molecule has 0 aliphatic heterocycles. The van der Waals surface area contributed by atoms with Crippen molar-refractivity contribution in [1.82, 2.24) is 4.68 Å². The van der Waals surface area contributed by atoms with Crippen molar-refractivity contribution >= 4 is 0 Å². The first kappa shape index (κ1) is 10.6. The van der Waals surface area contributed by atoms with Crippen LogP contribution in [0.3, 0.4) is 0 Å². The molecular formula is C13H22N2. The molecule has 1 heterocycles. The fourth-order valence-corrected chi connectivity index (χ4v) is 3.08. The van der Waals surface area contributed by atoms with Crippen molar-refractivity contribution in [2.75, 3.05) is 5.43 Å². The number of hydrogen-bond acceptors (Lipinski definition) is 1. The lowest BCUT2D eigenvalue weighted by molar-refractivity contribution is 0.172. The fraction of sp³-hybridized carbons (Fsp3) is 0.692. The van der Waals surface area contributed by atoms with Crippen LogP contribution >= 0.6 is 0 Å². The van der Waals surface area contributed by atoms with E-state index in [2.05, 4.69) is 55.4 Å². The maximum absolute atomic E-state index is 3.56. The van der Waals surface area contributed by atoms with Gasteiger partial charge in [-0.1, -0.05) is 20.8 Å². The SMILES string of the molecule is CC1CC(Nn2cccc2)CC(C)(C)C1. The van der Waals surface area contributed by atoms with Crippen LogP contribution < -0.4 is 5.43 Å². The number of aromatic nitrogens is 1. The molecular weight excluding hydrogens is 184 g/mol. The maximum atomic E-state index is 3.56. The minimum atomic E-state index is 0.489. The van der Waals surface area contributed by atoms with E-state index < -0.39 is 0 Å².